The van der Waals surface area contributed by atoms with Gasteiger partial charge in [-0.2, -0.15) is 0 Å². The van der Waals surface area contributed by atoms with Gasteiger partial charge in [-0.05, 0) is 0 Å². The molecular weight excluding hydrogens is 226 g/mol. The molecule has 6 nitrogen and oxygen atoms in total. The highest BCUT2D eigenvalue weighted by Crippen LogP contribution is 2.20. The lowest BCUT2D eigenvalue weighted by Gasteiger charge is -2.25. The lowest BCUT2D eigenvalue weighted by atomic mass is 9.87. The summed E-state index contributed by atoms with van der Waals surface area (Å²) in [5.74, 6) is -1.46. The Balaban J connectivity index is 4.07. The second kappa shape index (κ2) is 7.03. The van der Waals surface area contributed by atoms with E-state index in [9.17, 15) is 14.7 Å². The van der Waals surface area contributed by atoms with Crippen LogP contribution in [0, 0.1) is 5.41 Å². The van der Waals surface area contributed by atoms with E-state index in [2.05, 4.69) is 5.32 Å². The number of hydrogen-bond acceptors (Lipinski definition) is 4. The maximum absolute atomic E-state index is 11.2. The van der Waals surface area contributed by atoms with Gasteiger partial charge < -0.3 is 20.6 Å². The summed E-state index contributed by atoms with van der Waals surface area (Å²) < 4.78 is 0. The van der Waals surface area contributed by atoms with Gasteiger partial charge in [-0.3, -0.25) is 9.59 Å². The minimum absolute atomic E-state index is 0.0397. The van der Waals surface area contributed by atoms with Crippen LogP contribution in [-0.2, 0) is 9.59 Å². The van der Waals surface area contributed by atoms with Crippen LogP contribution in [0.4, 0.5) is 0 Å². The first kappa shape index (κ1) is 15.6. The highest BCUT2D eigenvalue weighted by atomic mass is 16.4. The van der Waals surface area contributed by atoms with Crippen LogP contribution in [-0.4, -0.2) is 46.5 Å². The molecule has 6 heteroatoms. The van der Waals surface area contributed by atoms with Gasteiger partial charge >= 0.3 is 5.97 Å². The lowest BCUT2D eigenvalue weighted by Crippen LogP contribution is -2.32. The Labute approximate surface area is 100.0 Å². The zero-order valence-electron chi connectivity index (χ0n) is 10.0. The standard InChI is InChI=1S/C11H19NO5/c1-11(2,7-13)8(14)3-4-9(15)12-6-5-10(16)17/h3-4,8,13-14H,5-7H2,1-2H3,(H,12,15)(H,16,17)/b4-3+/t8-/m1/s1. The van der Waals surface area contributed by atoms with Gasteiger partial charge in [0.25, 0.3) is 0 Å². The van der Waals surface area contributed by atoms with Gasteiger partial charge in [0.15, 0.2) is 0 Å². The zero-order valence-corrected chi connectivity index (χ0v) is 10.0. The summed E-state index contributed by atoms with van der Waals surface area (Å²) in [5.41, 5.74) is -0.724. The van der Waals surface area contributed by atoms with Crippen molar-refractivity contribution >= 4 is 11.9 Å². The summed E-state index contributed by atoms with van der Waals surface area (Å²) >= 11 is 0. The highest BCUT2D eigenvalue weighted by Gasteiger charge is 2.24. The third-order valence-electron chi connectivity index (χ3n) is 2.28. The molecule has 0 radical (unpaired) electrons. The Morgan fingerprint density at radius 2 is 2.00 bits per heavy atom. The summed E-state index contributed by atoms with van der Waals surface area (Å²) in [5, 5.41) is 29.3. The van der Waals surface area contributed by atoms with Crippen molar-refractivity contribution in [2.45, 2.75) is 26.4 Å². The largest absolute Gasteiger partial charge is 0.481 e. The van der Waals surface area contributed by atoms with Gasteiger partial charge in [0, 0.05) is 18.0 Å². The van der Waals surface area contributed by atoms with Gasteiger partial charge in [-0.15, -0.1) is 0 Å². The molecule has 0 saturated carbocycles. The molecule has 4 N–H and O–H groups in total. The van der Waals surface area contributed by atoms with E-state index < -0.39 is 23.4 Å². The van der Waals surface area contributed by atoms with Crippen molar-refractivity contribution in [3.05, 3.63) is 12.2 Å². The average molecular weight is 245 g/mol. The molecule has 0 rings (SSSR count). The molecule has 0 aromatic rings. The molecule has 0 bridgehead atoms. The number of hydrogen-bond donors (Lipinski definition) is 4. The molecule has 0 heterocycles. The van der Waals surface area contributed by atoms with Crippen molar-refractivity contribution < 1.29 is 24.9 Å². The second-order valence-electron chi connectivity index (χ2n) is 4.39. The van der Waals surface area contributed by atoms with Crippen LogP contribution in [0.3, 0.4) is 0 Å². The number of carbonyl (C=O) groups excluding carboxylic acids is 1. The SMILES string of the molecule is CC(C)(CO)[C@H](O)/C=C/C(=O)NCCC(=O)O. The molecule has 0 aliphatic heterocycles. The van der Waals surface area contributed by atoms with E-state index in [4.69, 9.17) is 10.2 Å². The smallest absolute Gasteiger partial charge is 0.305 e. The summed E-state index contributed by atoms with van der Waals surface area (Å²) in [6.07, 6.45) is 1.30. The average Bonchev–Trinajstić information content (AvgIpc) is 2.25. The molecule has 0 aromatic carbocycles. The molecule has 0 fully saturated rings. The Morgan fingerprint density at radius 3 is 2.47 bits per heavy atom. The summed E-state index contributed by atoms with van der Waals surface area (Å²) in [6, 6.07) is 0. The van der Waals surface area contributed by atoms with Gasteiger partial charge in [-0.25, -0.2) is 0 Å². The van der Waals surface area contributed by atoms with Gasteiger partial charge in [-0.1, -0.05) is 19.9 Å². The zero-order chi connectivity index (χ0) is 13.5. The number of carboxylic acid groups (broad SMARTS) is 1. The number of aliphatic hydroxyl groups is 2. The van der Waals surface area contributed by atoms with Gasteiger partial charge in [0.1, 0.15) is 0 Å². The lowest BCUT2D eigenvalue weighted by molar-refractivity contribution is -0.136. The topological polar surface area (TPSA) is 107 Å². The fourth-order valence-corrected chi connectivity index (χ4v) is 0.884. The van der Waals surface area contributed by atoms with E-state index in [1.165, 1.54) is 6.08 Å². The minimum atomic E-state index is -0.990. The normalized spacial score (nSPS) is 13.6. The monoisotopic (exact) mass is 245 g/mol. The fraction of sp³-hybridized carbons (Fsp3) is 0.636. The van der Waals surface area contributed by atoms with Crippen molar-refractivity contribution in [1.29, 1.82) is 0 Å². The molecular formula is C11H19NO5. The Morgan fingerprint density at radius 1 is 1.41 bits per heavy atom. The first-order chi connectivity index (χ1) is 7.79. The third-order valence-corrected chi connectivity index (χ3v) is 2.28. The van der Waals surface area contributed by atoms with E-state index in [-0.39, 0.29) is 19.6 Å². The molecule has 98 valence electrons. The van der Waals surface area contributed by atoms with Crippen molar-refractivity contribution in [2.75, 3.05) is 13.2 Å². The number of nitrogens with one attached hydrogen (secondary N) is 1. The fourth-order valence-electron chi connectivity index (χ4n) is 0.884. The molecule has 17 heavy (non-hydrogen) atoms. The minimum Gasteiger partial charge on any atom is -0.481 e. The van der Waals surface area contributed by atoms with Crippen LogP contribution in [0.25, 0.3) is 0 Å². The number of carboxylic acids is 1. The highest BCUT2D eigenvalue weighted by molar-refractivity contribution is 5.87. The van der Waals surface area contributed by atoms with Crippen LogP contribution in [0.5, 0.6) is 0 Å². The molecule has 0 spiro atoms. The van der Waals surface area contributed by atoms with Gasteiger partial charge in [0.05, 0.1) is 19.1 Å². The summed E-state index contributed by atoms with van der Waals surface area (Å²) in [6.45, 7) is 3.14. The maximum atomic E-state index is 11.2. The van der Waals surface area contributed by atoms with Crippen LogP contribution < -0.4 is 5.32 Å². The van der Waals surface area contributed by atoms with Crippen LogP contribution in [0.15, 0.2) is 12.2 Å². The number of amides is 1. The van der Waals surface area contributed by atoms with E-state index >= 15 is 0 Å². The molecule has 1 amide bonds. The third kappa shape index (κ3) is 6.70. The first-order valence-corrected chi connectivity index (χ1v) is 5.26. The number of rotatable bonds is 7. The predicted molar refractivity (Wildman–Crippen MR) is 61.3 cm³/mol. The molecule has 0 unspecified atom stereocenters. The van der Waals surface area contributed by atoms with Crippen LogP contribution in [0.1, 0.15) is 20.3 Å². The second-order valence-corrected chi connectivity index (χ2v) is 4.39. The van der Waals surface area contributed by atoms with Crippen molar-refractivity contribution in [3.63, 3.8) is 0 Å². The summed E-state index contributed by atoms with van der Waals surface area (Å²) in [7, 11) is 0. The number of aliphatic hydroxyl groups excluding tert-OH is 2. The van der Waals surface area contributed by atoms with E-state index in [1.807, 2.05) is 0 Å². The Bertz CT molecular complexity index is 298. The molecule has 0 aliphatic rings. The molecule has 1 atom stereocenters. The van der Waals surface area contributed by atoms with Crippen molar-refractivity contribution in [2.24, 2.45) is 5.41 Å². The Hall–Kier alpha value is -1.40. The van der Waals surface area contributed by atoms with Gasteiger partial charge in [0.2, 0.25) is 5.91 Å². The van der Waals surface area contributed by atoms with Crippen LogP contribution in [0.2, 0.25) is 0 Å². The Kier molecular flexibility index (Phi) is 6.45. The number of carbonyl (C=O) groups is 2. The van der Waals surface area contributed by atoms with Crippen molar-refractivity contribution in [3.8, 4) is 0 Å². The number of aliphatic carboxylic acids is 1. The first-order valence-electron chi connectivity index (χ1n) is 5.26. The van der Waals surface area contributed by atoms with E-state index in [1.54, 1.807) is 13.8 Å². The quantitative estimate of drug-likeness (QED) is 0.453. The van der Waals surface area contributed by atoms with Crippen LogP contribution >= 0.6 is 0 Å². The predicted octanol–water partition coefficient (Wildman–Crippen LogP) is -0.487. The molecule has 0 aromatic heterocycles. The van der Waals surface area contributed by atoms with E-state index in [0.717, 1.165) is 6.08 Å². The molecule has 0 aliphatic carbocycles. The molecule has 0 saturated heterocycles. The van der Waals surface area contributed by atoms with Crippen molar-refractivity contribution in [1.82, 2.24) is 5.32 Å². The van der Waals surface area contributed by atoms with E-state index in [0.29, 0.717) is 0 Å². The summed E-state index contributed by atoms with van der Waals surface area (Å²) in [4.78, 5) is 21.4. The maximum Gasteiger partial charge on any atom is 0.305 e.